The molecule has 0 radical (unpaired) electrons. The fourth-order valence-electron chi connectivity index (χ4n) is 6.19. The first-order valence-electron chi connectivity index (χ1n) is 19.7. The quantitative estimate of drug-likeness (QED) is 0.164. The first-order valence-corrected chi connectivity index (χ1v) is 20.1. The number of amides is 2. The molecule has 0 spiro atoms. The van der Waals surface area contributed by atoms with E-state index in [1.165, 1.54) is 12.1 Å². The van der Waals surface area contributed by atoms with Crippen LogP contribution in [0.15, 0.2) is 91.3 Å². The van der Waals surface area contributed by atoms with Crippen LogP contribution in [0.1, 0.15) is 104 Å². The second-order valence-electron chi connectivity index (χ2n) is 18.6. The number of nitrogens with one attached hydrogen (secondary N) is 2. The fourth-order valence-corrected chi connectivity index (χ4v) is 6.31. The van der Waals surface area contributed by atoms with Crippen molar-refractivity contribution in [3.8, 4) is 51.0 Å². The summed E-state index contributed by atoms with van der Waals surface area (Å²) in [5, 5.41) is 14.9. The Labute approximate surface area is 357 Å². The third kappa shape index (κ3) is 11.4. The van der Waals surface area contributed by atoms with Gasteiger partial charge < -0.3 is 15.4 Å². The summed E-state index contributed by atoms with van der Waals surface area (Å²) in [6.07, 6.45) is 3.46. The number of nitrogens with zero attached hydrogens (tertiary/aromatic N) is 6. The maximum atomic E-state index is 14.1. The maximum absolute atomic E-state index is 14.1. The number of pyridine rings is 2. The average Bonchev–Trinajstić information content (AvgIpc) is 3.86. The van der Waals surface area contributed by atoms with Gasteiger partial charge in [-0.05, 0) is 156 Å². The lowest BCUT2D eigenvalue weighted by molar-refractivity contribution is 0.0910. The van der Waals surface area contributed by atoms with E-state index in [1.807, 2.05) is 120 Å². The molecule has 60 heavy (non-hydrogen) atoms. The number of carbonyl (C=O) groups excluding carboxylic acids is 2. The van der Waals surface area contributed by atoms with Gasteiger partial charge in [-0.3, -0.25) is 19.0 Å². The van der Waals surface area contributed by atoms with Gasteiger partial charge in [-0.2, -0.15) is 10.2 Å². The molecule has 13 heteroatoms. The first-order chi connectivity index (χ1) is 27.8. The predicted octanol–water partition coefficient (Wildman–Crippen LogP) is 10.6. The van der Waals surface area contributed by atoms with Crippen molar-refractivity contribution in [2.45, 2.75) is 105 Å². The molecule has 0 fully saturated rings. The molecule has 0 saturated heterocycles. The molecule has 6 aromatic rings. The summed E-state index contributed by atoms with van der Waals surface area (Å²) in [7, 11) is 1.64. The maximum Gasteiger partial charge on any atom is 0.251 e. The number of halogens is 2. The van der Waals surface area contributed by atoms with Crippen LogP contribution < -0.4 is 15.4 Å². The highest BCUT2D eigenvalue weighted by Gasteiger charge is 2.24. The summed E-state index contributed by atoms with van der Waals surface area (Å²) < 4.78 is 23.1. The van der Waals surface area contributed by atoms with Crippen LogP contribution in [0.4, 0.5) is 4.39 Å². The third-order valence-corrected chi connectivity index (χ3v) is 9.14. The minimum atomic E-state index is -0.540. The van der Waals surface area contributed by atoms with Gasteiger partial charge in [0.25, 0.3) is 11.8 Å². The molecule has 6 rings (SSSR count). The highest BCUT2D eigenvalue weighted by molar-refractivity contribution is 6.30. The van der Waals surface area contributed by atoms with Crippen LogP contribution in [-0.4, -0.2) is 59.5 Å². The van der Waals surface area contributed by atoms with Gasteiger partial charge in [-0.15, -0.1) is 0 Å². The Balaban J connectivity index is 0.000000228. The van der Waals surface area contributed by atoms with E-state index in [4.69, 9.17) is 26.3 Å². The zero-order valence-electron chi connectivity index (χ0n) is 36.8. The molecule has 0 unspecified atom stereocenters. The van der Waals surface area contributed by atoms with Gasteiger partial charge in [0.15, 0.2) is 0 Å². The number of methoxy groups -OCH3 is 1. The fraction of sp³-hybridized carbons (Fsp3) is 0.362. The van der Waals surface area contributed by atoms with Crippen molar-refractivity contribution >= 4 is 23.4 Å². The largest absolute Gasteiger partial charge is 0.497 e. The highest BCUT2D eigenvalue weighted by atomic mass is 35.5. The molecule has 0 atom stereocenters. The summed E-state index contributed by atoms with van der Waals surface area (Å²) in [5.74, 6) is -0.139. The summed E-state index contributed by atoms with van der Waals surface area (Å²) in [5.41, 5.74) is 5.30. The smallest absolute Gasteiger partial charge is 0.251 e. The number of benzene rings is 2. The van der Waals surface area contributed by atoms with Crippen molar-refractivity contribution < 1.29 is 18.7 Å². The summed E-state index contributed by atoms with van der Waals surface area (Å²) in [4.78, 5) is 35.5. The molecule has 11 nitrogen and oxygen atoms in total. The molecule has 2 aromatic carbocycles. The monoisotopic (exact) mass is 834 g/mol. The number of carbonyl (C=O) groups is 2. The van der Waals surface area contributed by atoms with E-state index in [-0.39, 0.29) is 33.5 Å². The van der Waals surface area contributed by atoms with Gasteiger partial charge in [0.1, 0.15) is 11.6 Å². The summed E-state index contributed by atoms with van der Waals surface area (Å²) in [6, 6.07) is 23.0. The van der Waals surface area contributed by atoms with E-state index in [1.54, 1.807) is 37.7 Å². The Kier molecular flexibility index (Phi) is 13.1. The second-order valence-corrected chi connectivity index (χ2v) is 19.0. The molecular formula is C47H56ClFN8O3. The van der Waals surface area contributed by atoms with Gasteiger partial charge >= 0.3 is 0 Å². The minimum Gasteiger partial charge on any atom is -0.497 e. The lowest BCUT2D eigenvalue weighted by Gasteiger charge is -2.23. The lowest BCUT2D eigenvalue weighted by Crippen LogP contribution is -2.40. The van der Waals surface area contributed by atoms with Crippen LogP contribution in [-0.2, 0) is 11.1 Å². The molecule has 0 saturated carbocycles. The lowest BCUT2D eigenvalue weighted by atomic mass is 10.0. The molecule has 4 aromatic heterocycles. The number of rotatable bonds is 7. The SMILES string of the molecule is CC(C)(C)NC(=O)c1cc(-c2ccc(Cl)c(F)c2)nc(-c2ccnn2C(C)(C)C)c1.COc1ccc(-c2cc(C(=O)NC(C)(C)C)cc(-c3ccnn3C(C)(C)C)n2)cc1. The molecule has 4 heterocycles. The average molecular weight is 835 g/mol. The van der Waals surface area contributed by atoms with Crippen molar-refractivity contribution in [2.24, 2.45) is 0 Å². The van der Waals surface area contributed by atoms with Crippen LogP contribution >= 0.6 is 11.6 Å². The zero-order valence-corrected chi connectivity index (χ0v) is 37.6. The van der Waals surface area contributed by atoms with E-state index in [2.05, 4.69) is 41.6 Å². The molecule has 2 amide bonds. The predicted molar refractivity (Wildman–Crippen MR) is 238 cm³/mol. The van der Waals surface area contributed by atoms with Crippen LogP contribution in [0.25, 0.3) is 45.3 Å². The molecule has 2 N–H and O–H groups in total. The van der Waals surface area contributed by atoms with Crippen molar-refractivity contribution in [3.05, 3.63) is 113 Å². The van der Waals surface area contributed by atoms with Crippen molar-refractivity contribution in [1.82, 2.24) is 40.2 Å². The van der Waals surface area contributed by atoms with E-state index < -0.39 is 11.4 Å². The van der Waals surface area contributed by atoms with Crippen LogP contribution in [0.3, 0.4) is 0 Å². The number of aromatic nitrogens is 6. The van der Waals surface area contributed by atoms with Gasteiger partial charge in [-0.25, -0.2) is 14.4 Å². The van der Waals surface area contributed by atoms with E-state index >= 15 is 0 Å². The Morgan fingerprint density at radius 2 is 0.983 bits per heavy atom. The minimum absolute atomic E-state index is 0.0337. The Bertz CT molecular complexity index is 2480. The Hall–Kier alpha value is -5.88. The third-order valence-electron chi connectivity index (χ3n) is 8.83. The molecule has 316 valence electrons. The Morgan fingerprint density at radius 3 is 1.37 bits per heavy atom. The topological polar surface area (TPSA) is 129 Å². The van der Waals surface area contributed by atoms with E-state index in [0.717, 1.165) is 28.4 Å². The second kappa shape index (κ2) is 17.4. The van der Waals surface area contributed by atoms with Crippen molar-refractivity contribution in [3.63, 3.8) is 0 Å². The number of hydrogen-bond donors (Lipinski definition) is 2. The summed E-state index contributed by atoms with van der Waals surface area (Å²) in [6.45, 7) is 24.0. The normalized spacial score (nSPS) is 12.1. The number of ether oxygens (including phenoxy) is 1. The standard InChI is InChI=1S/C24H30N4O2.C23H26ClFN4O/c1-23(2,3)27-22(29)17-14-19(16-8-10-18(30-7)11-9-16)26-20(15-17)21-12-13-25-28(21)24(4,5)6;1-22(2,3)28-21(30)15-12-18(14-7-8-16(24)17(25)11-14)27-19(13-15)20-9-10-26-29(20)23(4,5)6/h8-15H,1-7H3,(H,27,29);7-13H,1-6H3,(H,28,30). The van der Waals surface area contributed by atoms with E-state index in [9.17, 15) is 14.0 Å². The van der Waals surface area contributed by atoms with E-state index in [0.29, 0.717) is 33.8 Å². The summed E-state index contributed by atoms with van der Waals surface area (Å²) >= 11 is 5.83. The van der Waals surface area contributed by atoms with Gasteiger partial charge in [0.05, 0.1) is 57.4 Å². The zero-order chi connectivity index (χ0) is 44.4. The molecule has 0 aliphatic carbocycles. The van der Waals surface area contributed by atoms with Crippen LogP contribution in [0.2, 0.25) is 5.02 Å². The Morgan fingerprint density at radius 1 is 0.583 bits per heavy atom. The molecule has 0 aliphatic rings. The van der Waals surface area contributed by atoms with Crippen LogP contribution in [0.5, 0.6) is 5.75 Å². The first kappa shape index (κ1) is 45.2. The van der Waals surface area contributed by atoms with Gasteiger partial charge in [-0.1, -0.05) is 17.7 Å². The van der Waals surface area contributed by atoms with Crippen molar-refractivity contribution in [2.75, 3.05) is 7.11 Å². The molecule has 0 bridgehead atoms. The van der Waals surface area contributed by atoms with Gasteiger partial charge in [0.2, 0.25) is 0 Å². The van der Waals surface area contributed by atoms with Crippen molar-refractivity contribution in [1.29, 1.82) is 0 Å². The van der Waals surface area contributed by atoms with Gasteiger partial charge in [0, 0.05) is 45.7 Å². The van der Waals surface area contributed by atoms with Crippen LogP contribution in [0, 0.1) is 5.82 Å². The molecular weight excluding hydrogens is 779 g/mol. The molecule has 0 aliphatic heterocycles. The highest BCUT2D eigenvalue weighted by Crippen LogP contribution is 2.31. The number of hydrogen-bond acceptors (Lipinski definition) is 7.